The van der Waals surface area contributed by atoms with Gasteiger partial charge in [0.1, 0.15) is 5.69 Å². The zero-order chi connectivity index (χ0) is 9.84. The van der Waals surface area contributed by atoms with Gasteiger partial charge in [0.2, 0.25) is 0 Å². The van der Waals surface area contributed by atoms with Crippen molar-refractivity contribution >= 4 is 23.3 Å². The van der Waals surface area contributed by atoms with Crippen molar-refractivity contribution in [2.24, 2.45) is 5.73 Å². The van der Waals surface area contributed by atoms with E-state index in [2.05, 4.69) is 15.0 Å². The molecule has 1 rings (SSSR count). The van der Waals surface area contributed by atoms with E-state index in [0.29, 0.717) is 0 Å². The second kappa shape index (κ2) is 3.85. The molecular weight excluding hydrogens is 194 g/mol. The van der Waals surface area contributed by atoms with Gasteiger partial charge in [0.25, 0.3) is 11.1 Å². The van der Waals surface area contributed by atoms with Gasteiger partial charge in [-0.3, -0.25) is 4.79 Å². The molecule has 0 spiro atoms. The third-order valence-electron chi connectivity index (χ3n) is 1.13. The summed E-state index contributed by atoms with van der Waals surface area (Å²) in [7, 11) is 1.48. The maximum absolute atomic E-state index is 11.0. The van der Waals surface area contributed by atoms with E-state index in [9.17, 15) is 9.59 Å². The summed E-state index contributed by atoms with van der Waals surface area (Å²) in [5.41, 5.74) is 4.95. The summed E-state index contributed by atoms with van der Waals surface area (Å²) in [6.45, 7) is 0. The molecule has 0 aliphatic rings. The number of hydrogen-bond acceptors (Lipinski definition) is 5. The Morgan fingerprint density at radius 3 is 2.92 bits per heavy atom. The van der Waals surface area contributed by atoms with Crippen molar-refractivity contribution in [2.75, 3.05) is 7.05 Å². The van der Waals surface area contributed by atoms with Crippen LogP contribution in [0.1, 0.15) is 10.5 Å². The fraction of sp³-hybridized carbons (Fsp3) is 0.167. The number of carbonyl (C=O) groups is 2. The van der Waals surface area contributed by atoms with Gasteiger partial charge < -0.3 is 15.8 Å². The van der Waals surface area contributed by atoms with E-state index in [4.69, 9.17) is 5.73 Å². The van der Waals surface area contributed by atoms with Crippen LogP contribution in [0.15, 0.2) is 5.38 Å². The largest absolute Gasteiger partial charge is 0.411 e. The Morgan fingerprint density at radius 1 is 1.69 bits per heavy atom. The average molecular weight is 201 g/mol. The molecule has 6 nitrogen and oxygen atoms in total. The van der Waals surface area contributed by atoms with E-state index >= 15 is 0 Å². The minimum Gasteiger partial charge on any atom is -0.381 e. The van der Waals surface area contributed by atoms with Gasteiger partial charge in [-0.05, 0) is 0 Å². The maximum Gasteiger partial charge on any atom is 0.411 e. The summed E-state index contributed by atoms with van der Waals surface area (Å²) < 4.78 is 4.46. The van der Waals surface area contributed by atoms with Crippen LogP contribution in [0.2, 0.25) is 0 Å². The second-order valence-corrected chi connectivity index (χ2v) is 2.82. The predicted octanol–water partition coefficient (Wildman–Crippen LogP) is -0.0398. The maximum atomic E-state index is 11.0. The Hall–Kier alpha value is -1.63. The van der Waals surface area contributed by atoms with Crippen LogP contribution >= 0.6 is 11.3 Å². The van der Waals surface area contributed by atoms with Gasteiger partial charge in [0.05, 0.1) is 0 Å². The predicted molar refractivity (Wildman–Crippen MR) is 45.7 cm³/mol. The second-order valence-electron chi connectivity index (χ2n) is 2.00. The minimum absolute atomic E-state index is 0.0612. The number of aromatic nitrogens is 1. The number of nitrogens with two attached hydrogens (primary N) is 1. The normalized spacial score (nSPS) is 9.31. The third-order valence-corrected chi connectivity index (χ3v) is 1.85. The van der Waals surface area contributed by atoms with Crippen LogP contribution in [0.4, 0.5) is 4.79 Å². The van der Waals surface area contributed by atoms with Crippen LogP contribution in [0.3, 0.4) is 0 Å². The fourth-order valence-corrected chi connectivity index (χ4v) is 1.28. The molecule has 0 aliphatic heterocycles. The van der Waals surface area contributed by atoms with Gasteiger partial charge in [-0.1, -0.05) is 11.3 Å². The highest BCUT2D eigenvalue weighted by molar-refractivity contribution is 7.11. The molecule has 7 heteroatoms. The van der Waals surface area contributed by atoms with E-state index in [1.807, 2.05) is 0 Å². The summed E-state index contributed by atoms with van der Waals surface area (Å²) in [5, 5.41) is 3.91. The summed E-state index contributed by atoms with van der Waals surface area (Å²) >= 11 is 1.03. The molecule has 2 amide bonds. The Kier molecular flexibility index (Phi) is 2.80. The lowest BCUT2D eigenvalue weighted by molar-refractivity contribution is 0.0958. The van der Waals surface area contributed by atoms with Crippen molar-refractivity contribution in [3.8, 4) is 5.19 Å². The molecule has 13 heavy (non-hydrogen) atoms. The molecule has 0 saturated carbocycles. The van der Waals surface area contributed by atoms with Gasteiger partial charge in [0.15, 0.2) is 0 Å². The third kappa shape index (κ3) is 2.41. The zero-order valence-corrected chi connectivity index (χ0v) is 7.55. The number of nitrogens with zero attached hydrogens (tertiary/aromatic N) is 1. The van der Waals surface area contributed by atoms with E-state index in [-0.39, 0.29) is 16.8 Å². The summed E-state index contributed by atoms with van der Waals surface area (Å²) in [5.74, 6) is -0.337. The molecule has 3 N–H and O–H groups in total. The van der Waals surface area contributed by atoms with E-state index < -0.39 is 6.09 Å². The monoisotopic (exact) mass is 201 g/mol. The molecule has 1 heterocycles. The first-order valence-corrected chi connectivity index (χ1v) is 4.16. The van der Waals surface area contributed by atoms with Gasteiger partial charge in [0, 0.05) is 12.4 Å². The highest BCUT2D eigenvalue weighted by Crippen LogP contribution is 2.17. The highest BCUT2D eigenvalue weighted by Gasteiger charge is 2.10. The van der Waals surface area contributed by atoms with Crippen LogP contribution in [-0.4, -0.2) is 24.0 Å². The molecule has 0 fully saturated rings. The first kappa shape index (κ1) is 9.46. The molecule has 1 aromatic rings. The molecular formula is C6H7N3O3S. The Labute approximate surface area is 77.7 Å². The van der Waals surface area contributed by atoms with Crippen LogP contribution in [0.5, 0.6) is 5.19 Å². The number of amides is 2. The van der Waals surface area contributed by atoms with Crippen molar-refractivity contribution in [3.63, 3.8) is 0 Å². The standard InChI is InChI=1S/C6H7N3O3S/c1-8-4(10)3-2-13-6(9-3)12-5(7)11/h2H,1H3,(H2,7,11)(H,8,10). The Balaban J connectivity index is 2.74. The van der Waals surface area contributed by atoms with E-state index in [0.717, 1.165) is 11.3 Å². The molecule has 1 aromatic heterocycles. The van der Waals surface area contributed by atoms with Gasteiger partial charge in [-0.2, -0.15) is 4.98 Å². The fourth-order valence-electron chi connectivity index (χ4n) is 0.623. The van der Waals surface area contributed by atoms with E-state index in [1.165, 1.54) is 12.4 Å². The number of primary amides is 1. The number of rotatable bonds is 2. The van der Waals surface area contributed by atoms with Crippen molar-refractivity contribution in [1.29, 1.82) is 0 Å². The molecule has 0 aromatic carbocycles. The van der Waals surface area contributed by atoms with Crippen molar-refractivity contribution < 1.29 is 14.3 Å². The van der Waals surface area contributed by atoms with Crippen LogP contribution in [0.25, 0.3) is 0 Å². The summed E-state index contributed by atoms with van der Waals surface area (Å²) in [6.07, 6.45) is -0.946. The number of carbonyl (C=O) groups excluding carboxylic acids is 2. The number of nitrogens with one attached hydrogen (secondary N) is 1. The van der Waals surface area contributed by atoms with Gasteiger partial charge in [-0.25, -0.2) is 4.79 Å². The quantitative estimate of drug-likeness (QED) is 0.701. The number of thiazole rings is 1. The van der Waals surface area contributed by atoms with E-state index in [1.54, 1.807) is 0 Å². The zero-order valence-electron chi connectivity index (χ0n) is 6.73. The summed E-state index contributed by atoms with van der Waals surface area (Å²) in [4.78, 5) is 25.0. The average Bonchev–Trinajstić information content (AvgIpc) is 2.50. The van der Waals surface area contributed by atoms with Gasteiger partial charge in [-0.15, -0.1) is 0 Å². The minimum atomic E-state index is -0.946. The van der Waals surface area contributed by atoms with Crippen LogP contribution in [-0.2, 0) is 0 Å². The lowest BCUT2D eigenvalue weighted by atomic mass is 10.5. The van der Waals surface area contributed by atoms with Crippen LogP contribution in [0, 0.1) is 0 Å². The molecule has 0 saturated heterocycles. The molecule has 70 valence electrons. The number of ether oxygens (including phenoxy) is 1. The molecule has 0 atom stereocenters. The van der Waals surface area contributed by atoms with Crippen molar-refractivity contribution in [2.45, 2.75) is 0 Å². The topological polar surface area (TPSA) is 94.3 Å². The Bertz CT molecular complexity index is 336. The highest BCUT2D eigenvalue weighted by atomic mass is 32.1. The first-order chi connectivity index (χ1) is 6.13. The lowest BCUT2D eigenvalue weighted by Crippen LogP contribution is -2.19. The first-order valence-electron chi connectivity index (χ1n) is 3.28. The molecule has 0 aliphatic carbocycles. The SMILES string of the molecule is CNC(=O)c1csc(OC(N)=O)n1. The number of hydrogen-bond donors (Lipinski definition) is 2. The lowest BCUT2D eigenvalue weighted by Gasteiger charge is -1.93. The van der Waals surface area contributed by atoms with Gasteiger partial charge >= 0.3 is 6.09 Å². The molecule has 0 bridgehead atoms. The van der Waals surface area contributed by atoms with Crippen molar-refractivity contribution in [3.05, 3.63) is 11.1 Å². The summed E-state index contributed by atoms with van der Waals surface area (Å²) in [6, 6.07) is 0. The molecule has 0 radical (unpaired) electrons. The Morgan fingerprint density at radius 2 is 2.38 bits per heavy atom. The van der Waals surface area contributed by atoms with Crippen molar-refractivity contribution in [1.82, 2.24) is 10.3 Å². The molecule has 0 unspecified atom stereocenters. The van der Waals surface area contributed by atoms with Crippen LogP contribution < -0.4 is 15.8 Å². The smallest absolute Gasteiger partial charge is 0.381 e.